The molecule has 0 atom stereocenters. The molecule has 3 aromatic rings. The molecule has 0 bridgehead atoms. The van der Waals surface area contributed by atoms with Crippen LogP contribution in [-0.4, -0.2) is 16.8 Å². The zero-order chi connectivity index (χ0) is 20.3. The number of anilines is 2. The van der Waals surface area contributed by atoms with Gasteiger partial charge in [-0.05, 0) is 73.9 Å². The molecule has 0 radical (unpaired) electrons. The largest absolute Gasteiger partial charge is 0.322 e. The molecule has 1 aromatic heterocycles. The predicted molar refractivity (Wildman–Crippen MR) is 112 cm³/mol. The molecular formula is C22H20ClN3O2. The second-order valence-corrected chi connectivity index (χ2v) is 7.05. The number of carbonyl (C=O) groups excluding carboxylic acids is 2. The lowest BCUT2D eigenvalue weighted by molar-refractivity contribution is 0.102. The number of aromatic nitrogens is 1. The molecule has 6 heteroatoms. The van der Waals surface area contributed by atoms with Crippen molar-refractivity contribution in [2.75, 3.05) is 10.6 Å². The quantitative estimate of drug-likeness (QED) is 0.642. The number of nitrogens with one attached hydrogen (secondary N) is 2. The van der Waals surface area contributed by atoms with Crippen LogP contribution in [0.5, 0.6) is 0 Å². The third-order valence-corrected chi connectivity index (χ3v) is 4.57. The van der Waals surface area contributed by atoms with E-state index in [-0.39, 0.29) is 11.6 Å². The second-order valence-electron chi connectivity index (χ2n) is 6.62. The Labute approximate surface area is 168 Å². The third-order valence-electron chi connectivity index (χ3n) is 4.33. The van der Waals surface area contributed by atoms with Gasteiger partial charge >= 0.3 is 0 Å². The van der Waals surface area contributed by atoms with Crippen LogP contribution in [0.25, 0.3) is 0 Å². The van der Waals surface area contributed by atoms with Gasteiger partial charge in [-0.15, -0.1) is 0 Å². The zero-order valence-corrected chi connectivity index (χ0v) is 16.6. The van der Waals surface area contributed by atoms with Crippen LogP contribution in [0.4, 0.5) is 11.4 Å². The number of hydrogen-bond acceptors (Lipinski definition) is 3. The lowest BCUT2D eigenvalue weighted by Gasteiger charge is -2.11. The minimum Gasteiger partial charge on any atom is -0.322 e. The molecular weight excluding hydrogens is 374 g/mol. The first kappa shape index (κ1) is 19.6. The smallest absolute Gasteiger partial charge is 0.274 e. The maximum absolute atomic E-state index is 12.6. The van der Waals surface area contributed by atoms with Crippen molar-refractivity contribution in [2.24, 2.45) is 0 Å². The SMILES string of the molecule is Cc1ccc(C)c(NC(=O)c2ccnc(C(=O)Nc3ccc(Cl)cc3C)c2)c1. The van der Waals surface area contributed by atoms with Gasteiger partial charge in [-0.25, -0.2) is 0 Å². The number of nitrogens with zero attached hydrogens (tertiary/aromatic N) is 1. The number of aryl methyl sites for hydroxylation is 3. The molecule has 0 unspecified atom stereocenters. The maximum atomic E-state index is 12.6. The molecule has 0 aliphatic carbocycles. The molecule has 2 N–H and O–H groups in total. The highest BCUT2D eigenvalue weighted by atomic mass is 35.5. The van der Waals surface area contributed by atoms with E-state index >= 15 is 0 Å². The van der Waals surface area contributed by atoms with Crippen LogP contribution in [0.15, 0.2) is 54.7 Å². The Morgan fingerprint density at radius 1 is 0.821 bits per heavy atom. The molecule has 0 aliphatic heterocycles. The summed E-state index contributed by atoms with van der Waals surface area (Å²) in [4.78, 5) is 29.2. The molecule has 2 aromatic carbocycles. The Morgan fingerprint density at radius 3 is 2.32 bits per heavy atom. The Bertz CT molecular complexity index is 1060. The van der Waals surface area contributed by atoms with E-state index in [1.807, 2.05) is 39.0 Å². The highest BCUT2D eigenvalue weighted by molar-refractivity contribution is 6.30. The monoisotopic (exact) mass is 393 g/mol. The van der Waals surface area contributed by atoms with Crippen molar-refractivity contribution in [3.63, 3.8) is 0 Å². The minimum atomic E-state index is -0.396. The number of pyridine rings is 1. The van der Waals surface area contributed by atoms with E-state index in [1.54, 1.807) is 24.3 Å². The fourth-order valence-electron chi connectivity index (χ4n) is 2.71. The van der Waals surface area contributed by atoms with Crippen molar-refractivity contribution in [1.82, 2.24) is 4.98 Å². The standard InChI is InChI=1S/C22H20ClN3O2/c1-13-4-5-14(2)19(10-13)26-21(27)16-8-9-24-20(12-16)22(28)25-18-7-6-17(23)11-15(18)3/h4-12H,1-3H3,(H,25,28)(H,26,27). The zero-order valence-electron chi connectivity index (χ0n) is 15.8. The first-order valence-corrected chi connectivity index (χ1v) is 9.13. The summed E-state index contributed by atoms with van der Waals surface area (Å²) in [6.45, 7) is 5.74. The van der Waals surface area contributed by atoms with Gasteiger partial charge in [-0.1, -0.05) is 23.7 Å². The Hall–Kier alpha value is -3.18. The predicted octanol–water partition coefficient (Wildman–Crippen LogP) is 5.16. The summed E-state index contributed by atoms with van der Waals surface area (Å²) in [5, 5.41) is 6.28. The van der Waals surface area contributed by atoms with E-state index in [9.17, 15) is 9.59 Å². The first-order valence-electron chi connectivity index (χ1n) is 8.75. The lowest BCUT2D eigenvalue weighted by atomic mass is 10.1. The number of halogens is 1. The summed E-state index contributed by atoms with van der Waals surface area (Å²) in [5.41, 5.74) is 4.74. The Morgan fingerprint density at radius 2 is 1.57 bits per heavy atom. The van der Waals surface area contributed by atoms with Crippen LogP contribution >= 0.6 is 11.6 Å². The normalized spacial score (nSPS) is 10.4. The maximum Gasteiger partial charge on any atom is 0.274 e. The van der Waals surface area contributed by atoms with E-state index in [0.717, 1.165) is 22.4 Å². The minimum absolute atomic E-state index is 0.156. The third kappa shape index (κ3) is 4.56. The van der Waals surface area contributed by atoms with Crippen LogP contribution in [0.1, 0.15) is 37.5 Å². The van der Waals surface area contributed by atoms with Gasteiger partial charge in [0.05, 0.1) is 0 Å². The highest BCUT2D eigenvalue weighted by Crippen LogP contribution is 2.21. The lowest BCUT2D eigenvalue weighted by Crippen LogP contribution is -2.17. The van der Waals surface area contributed by atoms with Gasteiger partial charge in [0, 0.05) is 28.2 Å². The van der Waals surface area contributed by atoms with E-state index in [2.05, 4.69) is 15.6 Å². The number of rotatable bonds is 4. The van der Waals surface area contributed by atoms with Crippen LogP contribution in [-0.2, 0) is 0 Å². The molecule has 0 fully saturated rings. The molecule has 0 saturated heterocycles. The summed E-state index contributed by atoms with van der Waals surface area (Å²) >= 11 is 5.94. The molecule has 142 valence electrons. The molecule has 2 amide bonds. The van der Waals surface area contributed by atoms with Crippen LogP contribution < -0.4 is 10.6 Å². The van der Waals surface area contributed by atoms with E-state index in [1.165, 1.54) is 12.3 Å². The Kier molecular flexibility index (Phi) is 5.76. The van der Waals surface area contributed by atoms with Gasteiger partial charge in [0.2, 0.25) is 0 Å². The van der Waals surface area contributed by atoms with Crippen molar-refractivity contribution in [3.8, 4) is 0 Å². The van der Waals surface area contributed by atoms with Crippen molar-refractivity contribution in [2.45, 2.75) is 20.8 Å². The van der Waals surface area contributed by atoms with Gasteiger partial charge in [0.1, 0.15) is 5.69 Å². The van der Waals surface area contributed by atoms with Gasteiger partial charge < -0.3 is 10.6 Å². The van der Waals surface area contributed by atoms with E-state index < -0.39 is 5.91 Å². The van der Waals surface area contributed by atoms with Crippen LogP contribution in [0.3, 0.4) is 0 Å². The number of carbonyl (C=O) groups is 2. The fourth-order valence-corrected chi connectivity index (χ4v) is 2.94. The summed E-state index contributed by atoms with van der Waals surface area (Å²) in [6.07, 6.45) is 1.45. The van der Waals surface area contributed by atoms with Gasteiger partial charge in [0.25, 0.3) is 11.8 Å². The number of amides is 2. The average molecular weight is 394 g/mol. The van der Waals surface area contributed by atoms with Crippen LogP contribution in [0.2, 0.25) is 5.02 Å². The second kappa shape index (κ2) is 8.23. The van der Waals surface area contributed by atoms with Crippen molar-refractivity contribution >= 4 is 34.8 Å². The number of hydrogen-bond donors (Lipinski definition) is 2. The van der Waals surface area contributed by atoms with Crippen molar-refractivity contribution in [1.29, 1.82) is 0 Å². The summed E-state index contributed by atoms with van der Waals surface area (Å²) in [5.74, 6) is -0.695. The van der Waals surface area contributed by atoms with E-state index in [4.69, 9.17) is 11.6 Å². The summed E-state index contributed by atoms with van der Waals surface area (Å²) in [7, 11) is 0. The molecule has 5 nitrogen and oxygen atoms in total. The fraction of sp³-hybridized carbons (Fsp3) is 0.136. The van der Waals surface area contributed by atoms with E-state index in [0.29, 0.717) is 16.3 Å². The van der Waals surface area contributed by atoms with Gasteiger partial charge in [-0.3, -0.25) is 14.6 Å². The van der Waals surface area contributed by atoms with Crippen LogP contribution in [0, 0.1) is 20.8 Å². The topological polar surface area (TPSA) is 71.1 Å². The summed E-state index contributed by atoms with van der Waals surface area (Å²) < 4.78 is 0. The molecule has 28 heavy (non-hydrogen) atoms. The molecule has 0 spiro atoms. The highest BCUT2D eigenvalue weighted by Gasteiger charge is 2.14. The van der Waals surface area contributed by atoms with Gasteiger partial charge in [0.15, 0.2) is 0 Å². The number of benzene rings is 2. The Balaban J connectivity index is 1.78. The first-order chi connectivity index (χ1) is 13.3. The molecule has 0 saturated carbocycles. The molecule has 3 rings (SSSR count). The summed E-state index contributed by atoms with van der Waals surface area (Å²) in [6, 6.07) is 14.1. The van der Waals surface area contributed by atoms with Crippen molar-refractivity contribution < 1.29 is 9.59 Å². The molecule has 1 heterocycles. The average Bonchev–Trinajstić information content (AvgIpc) is 2.67. The van der Waals surface area contributed by atoms with Crippen molar-refractivity contribution in [3.05, 3.63) is 87.7 Å². The van der Waals surface area contributed by atoms with Gasteiger partial charge in [-0.2, -0.15) is 0 Å². The molecule has 0 aliphatic rings.